The van der Waals surface area contributed by atoms with Crippen molar-refractivity contribution in [2.45, 2.75) is 11.0 Å². The first kappa shape index (κ1) is 8.59. The van der Waals surface area contributed by atoms with E-state index in [0.717, 1.165) is 10.5 Å². The van der Waals surface area contributed by atoms with Crippen LogP contribution in [0.25, 0.3) is 0 Å². The number of nitrogens with two attached hydrogens (primary N) is 1. The smallest absolute Gasteiger partial charge is 0.0912 e. The second kappa shape index (κ2) is 3.76. The average molecular weight is 169 g/mol. The minimum absolute atomic E-state index is 0.256. The fourth-order valence-corrected chi connectivity index (χ4v) is 0.982. The average Bonchev–Trinajstić information content (AvgIpc) is 2.05. The molecule has 0 saturated heterocycles. The predicted octanol–water partition coefficient (Wildman–Crippen LogP) is 0.967. The largest absolute Gasteiger partial charge is 0.387 e. The first-order chi connectivity index (χ1) is 5.24. The predicted molar refractivity (Wildman–Crippen MR) is 47.7 cm³/mol. The Balaban J connectivity index is 2.81. The molecule has 0 aromatic heterocycles. The van der Waals surface area contributed by atoms with E-state index < -0.39 is 6.10 Å². The summed E-state index contributed by atoms with van der Waals surface area (Å²) in [6.07, 6.45) is -0.552. The van der Waals surface area contributed by atoms with Crippen LogP contribution in [-0.4, -0.2) is 11.7 Å². The molecule has 0 aliphatic heterocycles. The van der Waals surface area contributed by atoms with Crippen LogP contribution in [0.15, 0.2) is 29.2 Å². The molecule has 1 rings (SSSR count). The number of hydrogen-bond acceptors (Lipinski definition) is 3. The zero-order valence-electron chi connectivity index (χ0n) is 6.07. The maximum Gasteiger partial charge on any atom is 0.0912 e. The van der Waals surface area contributed by atoms with Crippen molar-refractivity contribution in [3.8, 4) is 0 Å². The van der Waals surface area contributed by atoms with Crippen molar-refractivity contribution in [1.82, 2.24) is 0 Å². The van der Waals surface area contributed by atoms with Crippen molar-refractivity contribution < 1.29 is 5.11 Å². The summed E-state index contributed by atoms with van der Waals surface area (Å²) in [6.45, 7) is 0.256. The van der Waals surface area contributed by atoms with Crippen molar-refractivity contribution in [1.29, 1.82) is 0 Å². The Kier molecular flexibility index (Phi) is 2.93. The van der Waals surface area contributed by atoms with Gasteiger partial charge in [-0.3, -0.25) is 0 Å². The number of hydrogen-bond donors (Lipinski definition) is 3. The molecule has 0 aliphatic carbocycles. The van der Waals surface area contributed by atoms with Crippen LogP contribution in [0, 0.1) is 0 Å². The first-order valence-corrected chi connectivity index (χ1v) is 3.86. The van der Waals surface area contributed by atoms with Gasteiger partial charge in [-0.2, -0.15) is 0 Å². The standard InChI is InChI=1S/C8H11NOS/c9-5-8(10)6-1-3-7(11)4-2-6/h1-4,8,10-11H,5,9H2. The van der Waals surface area contributed by atoms with Crippen molar-refractivity contribution >= 4 is 12.6 Å². The molecule has 1 unspecified atom stereocenters. The molecule has 0 fully saturated rings. The van der Waals surface area contributed by atoms with E-state index in [1.807, 2.05) is 24.3 Å². The Labute approximate surface area is 71.5 Å². The van der Waals surface area contributed by atoms with Gasteiger partial charge in [-0.05, 0) is 17.7 Å². The van der Waals surface area contributed by atoms with Crippen LogP contribution < -0.4 is 5.73 Å². The molecular formula is C8H11NOS. The lowest BCUT2D eigenvalue weighted by molar-refractivity contribution is 0.186. The molecule has 1 aromatic rings. The van der Waals surface area contributed by atoms with Gasteiger partial charge in [0, 0.05) is 11.4 Å². The highest BCUT2D eigenvalue weighted by atomic mass is 32.1. The quantitative estimate of drug-likeness (QED) is 0.578. The highest BCUT2D eigenvalue weighted by molar-refractivity contribution is 7.80. The molecule has 0 bridgehead atoms. The van der Waals surface area contributed by atoms with Gasteiger partial charge in [0.15, 0.2) is 0 Å². The lowest BCUT2D eigenvalue weighted by Gasteiger charge is -2.06. The van der Waals surface area contributed by atoms with Crippen molar-refractivity contribution in [3.63, 3.8) is 0 Å². The molecule has 1 atom stereocenters. The first-order valence-electron chi connectivity index (χ1n) is 3.41. The summed E-state index contributed by atoms with van der Waals surface area (Å²) >= 11 is 4.12. The van der Waals surface area contributed by atoms with E-state index in [4.69, 9.17) is 5.73 Å². The Hall–Kier alpha value is -0.510. The van der Waals surface area contributed by atoms with Gasteiger partial charge in [0.25, 0.3) is 0 Å². The van der Waals surface area contributed by atoms with Crippen LogP contribution in [0.5, 0.6) is 0 Å². The zero-order chi connectivity index (χ0) is 8.27. The van der Waals surface area contributed by atoms with E-state index in [9.17, 15) is 5.11 Å². The Morgan fingerprint density at radius 3 is 2.36 bits per heavy atom. The summed E-state index contributed by atoms with van der Waals surface area (Å²) in [4.78, 5) is 0.887. The molecule has 0 saturated carbocycles. The SMILES string of the molecule is NCC(O)c1ccc(S)cc1. The maximum atomic E-state index is 9.27. The minimum Gasteiger partial charge on any atom is -0.387 e. The molecule has 60 valence electrons. The molecular weight excluding hydrogens is 158 g/mol. The second-order valence-corrected chi connectivity index (χ2v) is 2.86. The highest BCUT2D eigenvalue weighted by Gasteiger charge is 2.02. The van der Waals surface area contributed by atoms with Crippen molar-refractivity contribution in [3.05, 3.63) is 29.8 Å². The fraction of sp³-hybridized carbons (Fsp3) is 0.250. The summed E-state index contributed by atoms with van der Waals surface area (Å²) in [5, 5.41) is 9.27. The van der Waals surface area contributed by atoms with E-state index in [0.29, 0.717) is 0 Å². The van der Waals surface area contributed by atoms with E-state index in [1.54, 1.807) is 0 Å². The van der Waals surface area contributed by atoms with Gasteiger partial charge >= 0.3 is 0 Å². The number of rotatable bonds is 2. The molecule has 3 heteroatoms. The van der Waals surface area contributed by atoms with Crippen molar-refractivity contribution in [2.75, 3.05) is 6.54 Å². The summed E-state index contributed by atoms with van der Waals surface area (Å²) in [6, 6.07) is 7.30. The van der Waals surface area contributed by atoms with Gasteiger partial charge in [0.2, 0.25) is 0 Å². The molecule has 3 N–H and O–H groups in total. The summed E-state index contributed by atoms with van der Waals surface area (Å²) < 4.78 is 0. The topological polar surface area (TPSA) is 46.2 Å². The highest BCUT2D eigenvalue weighted by Crippen LogP contribution is 2.13. The van der Waals surface area contributed by atoms with Gasteiger partial charge in [-0.15, -0.1) is 12.6 Å². The van der Waals surface area contributed by atoms with E-state index >= 15 is 0 Å². The number of aliphatic hydroxyl groups is 1. The van der Waals surface area contributed by atoms with E-state index in [1.165, 1.54) is 0 Å². The summed E-state index contributed by atoms with van der Waals surface area (Å²) in [7, 11) is 0. The fourth-order valence-electron chi connectivity index (χ4n) is 0.833. The van der Waals surface area contributed by atoms with E-state index in [-0.39, 0.29) is 6.54 Å². The zero-order valence-corrected chi connectivity index (χ0v) is 6.96. The van der Waals surface area contributed by atoms with Crippen LogP contribution in [0.1, 0.15) is 11.7 Å². The van der Waals surface area contributed by atoms with Crippen molar-refractivity contribution in [2.24, 2.45) is 5.73 Å². The summed E-state index contributed by atoms with van der Waals surface area (Å²) in [5.74, 6) is 0. The lowest BCUT2D eigenvalue weighted by atomic mass is 10.1. The number of aliphatic hydroxyl groups excluding tert-OH is 1. The third-order valence-electron chi connectivity index (χ3n) is 1.50. The van der Waals surface area contributed by atoms with Gasteiger partial charge in [0.05, 0.1) is 6.10 Å². The van der Waals surface area contributed by atoms with Gasteiger partial charge in [0.1, 0.15) is 0 Å². The van der Waals surface area contributed by atoms with E-state index in [2.05, 4.69) is 12.6 Å². The molecule has 1 aromatic carbocycles. The van der Waals surface area contributed by atoms with Crippen LogP contribution in [-0.2, 0) is 0 Å². The van der Waals surface area contributed by atoms with Gasteiger partial charge < -0.3 is 10.8 Å². The molecule has 0 aliphatic rings. The van der Waals surface area contributed by atoms with Crippen LogP contribution >= 0.6 is 12.6 Å². The molecule has 0 radical (unpaired) electrons. The van der Waals surface area contributed by atoms with Crippen LogP contribution in [0.4, 0.5) is 0 Å². The molecule has 11 heavy (non-hydrogen) atoms. The Bertz CT molecular complexity index is 222. The minimum atomic E-state index is -0.552. The molecule has 0 spiro atoms. The lowest BCUT2D eigenvalue weighted by Crippen LogP contribution is -2.11. The Morgan fingerprint density at radius 2 is 1.91 bits per heavy atom. The Morgan fingerprint density at radius 1 is 1.36 bits per heavy atom. The van der Waals surface area contributed by atoms with Crippen LogP contribution in [0.3, 0.4) is 0 Å². The molecule has 2 nitrogen and oxygen atoms in total. The normalized spacial score (nSPS) is 13.0. The maximum absolute atomic E-state index is 9.27. The third-order valence-corrected chi connectivity index (χ3v) is 1.80. The second-order valence-electron chi connectivity index (χ2n) is 2.34. The summed E-state index contributed by atoms with van der Waals surface area (Å²) in [5.41, 5.74) is 6.11. The number of benzene rings is 1. The van der Waals surface area contributed by atoms with Gasteiger partial charge in [-0.1, -0.05) is 12.1 Å². The van der Waals surface area contributed by atoms with Gasteiger partial charge in [-0.25, -0.2) is 0 Å². The number of thiol groups is 1. The monoisotopic (exact) mass is 169 g/mol. The molecule has 0 heterocycles. The molecule has 0 amide bonds. The third kappa shape index (κ3) is 2.22. The van der Waals surface area contributed by atoms with Crippen LogP contribution in [0.2, 0.25) is 0 Å².